The van der Waals surface area contributed by atoms with Gasteiger partial charge in [0.25, 0.3) is 0 Å². The highest BCUT2D eigenvalue weighted by Gasteiger charge is 2.15. The van der Waals surface area contributed by atoms with E-state index in [9.17, 15) is 9.59 Å². The number of ketones is 1. The molecule has 7 heteroatoms. The highest BCUT2D eigenvalue weighted by molar-refractivity contribution is 6.09. The van der Waals surface area contributed by atoms with Gasteiger partial charge in [-0.25, -0.2) is 4.79 Å². The fourth-order valence-corrected chi connectivity index (χ4v) is 3.10. The van der Waals surface area contributed by atoms with Crippen molar-refractivity contribution in [3.63, 3.8) is 0 Å². The maximum absolute atomic E-state index is 12.8. The van der Waals surface area contributed by atoms with Crippen LogP contribution in [0.15, 0.2) is 66.7 Å². The molecule has 0 aromatic heterocycles. The summed E-state index contributed by atoms with van der Waals surface area (Å²) in [7, 11) is 6.02. The van der Waals surface area contributed by atoms with E-state index < -0.39 is 5.97 Å². The van der Waals surface area contributed by atoms with Crippen LogP contribution < -0.4 is 23.7 Å². The van der Waals surface area contributed by atoms with Crippen LogP contribution in [0.25, 0.3) is 6.08 Å². The van der Waals surface area contributed by atoms with Crippen molar-refractivity contribution in [1.29, 1.82) is 0 Å². The first-order chi connectivity index (χ1) is 16.0. The van der Waals surface area contributed by atoms with Crippen molar-refractivity contribution in [2.24, 2.45) is 0 Å². The first kappa shape index (κ1) is 23.4. The summed E-state index contributed by atoms with van der Waals surface area (Å²) >= 11 is 0. The number of hydrogen-bond donors (Lipinski definition) is 0. The molecule has 0 unspecified atom stereocenters. The number of methoxy groups -OCH3 is 4. The molecular formula is C26H24O7. The van der Waals surface area contributed by atoms with E-state index >= 15 is 0 Å². The van der Waals surface area contributed by atoms with Crippen molar-refractivity contribution >= 4 is 17.8 Å². The lowest BCUT2D eigenvalue weighted by atomic mass is 10.1. The van der Waals surface area contributed by atoms with Gasteiger partial charge in [0, 0.05) is 5.56 Å². The Morgan fingerprint density at radius 2 is 1.39 bits per heavy atom. The Morgan fingerprint density at radius 1 is 0.697 bits per heavy atom. The summed E-state index contributed by atoms with van der Waals surface area (Å²) < 4.78 is 26.5. The topological polar surface area (TPSA) is 80.3 Å². The maximum atomic E-state index is 12.8. The first-order valence-electron chi connectivity index (χ1n) is 9.98. The lowest BCUT2D eigenvalue weighted by Crippen LogP contribution is -2.09. The molecule has 0 saturated carbocycles. The average Bonchev–Trinajstić information content (AvgIpc) is 2.86. The fraction of sp³-hybridized carbons (Fsp3) is 0.154. The number of esters is 1. The number of hydrogen-bond acceptors (Lipinski definition) is 7. The summed E-state index contributed by atoms with van der Waals surface area (Å²) in [5.41, 5.74) is 1.21. The minimum absolute atomic E-state index is 0.285. The third-order valence-electron chi connectivity index (χ3n) is 4.83. The number of rotatable bonds is 9. The molecule has 0 radical (unpaired) electrons. The number of allylic oxidation sites excluding steroid dienone is 1. The van der Waals surface area contributed by atoms with Crippen LogP contribution in [0, 0.1) is 0 Å². The van der Waals surface area contributed by atoms with E-state index in [-0.39, 0.29) is 5.78 Å². The predicted octanol–water partition coefficient (Wildman–Crippen LogP) is 4.84. The van der Waals surface area contributed by atoms with Gasteiger partial charge in [0.15, 0.2) is 17.3 Å². The Kier molecular flexibility index (Phi) is 7.70. The van der Waals surface area contributed by atoms with Crippen LogP contribution in [0.3, 0.4) is 0 Å². The molecule has 3 rings (SSSR count). The molecule has 0 fully saturated rings. The number of benzene rings is 3. The number of carbonyl (C=O) groups excluding carboxylic acids is 2. The van der Waals surface area contributed by atoms with Crippen LogP contribution in [-0.4, -0.2) is 40.2 Å². The highest BCUT2D eigenvalue weighted by atomic mass is 16.5. The van der Waals surface area contributed by atoms with E-state index in [4.69, 9.17) is 23.7 Å². The zero-order valence-corrected chi connectivity index (χ0v) is 18.8. The number of para-hydroxylation sites is 1. The maximum Gasteiger partial charge on any atom is 0.343 e. The second-order valence-corrected chi connectivity index (χ2v) is 6.76. The zero-order chi connectivity index (χ0) is 23.8. The van der Waals surface area contributed by atoms with Crippen LogP contribution in [0.5, 0.6) is 28.7 Å². The van der Waals surface area contributed by atoms with Crippen molar-refractivity contribution in [3.05, 3.63) is 83.4 Å². The minimum atomic E-state index is -0.572. The largest absolute Gasteiger partial charge is 0.497 e. The van der Waals surface area contributed by atoms with Crippen LogP contribution in [0.4, 0.5) is 0 Å². The lowest BCUT2D eigenvalue weighted by Gasteiger charge is -2.11. The van der Waals surface area contributed by atoms with Gasteiger partial charge in [-0.15, -0.1) is 0 Å². The van der Waals surface area contributed by atoms with Gasteiger partial charge in [-0.3, -0.25) is 4.79 Å². The van der Waals surface area contributed by atoms with Gasteiger partial charge in [-0.05, 0) is 54.6 Å². The molecule has 0 aliphatic rings. The Labute approximate surface area is 192 Å². The van der Waals surface area contributed by atoms with Gasteiger partial charge in [0.2, 0.25) is 0 Å². The second-order valence-electron chi connectivity index (χ2n) is 6.76. The van der Waals surface area contributed by atoms with Gasteiger partial charge in [0.1, 0.15) is 17.2 Å². The van der Waals surface area contributed by atoms with Gasteiger partial charge >= 0.3 is 5.97 Å². The standard InChI is InChI=1S/C26H24O7/c1-29-19-11-14-23(30-2)20(16-19)21(27)12-9-17-7-5-6-8-22(17)33-26(28)18-10-13-24(31-3)25(15-18)32-4/h5-16H,1-4H3. The van der Waals surface area contributed by atoms with E-state index in [1.165, 1.54) is 40.6 Å². The van der Waals surface area contributed by atoms with E-state index in [1.807, 2.05) is 0 Å². The molecule has 0 atom stereocenters. The summed E-state index contributed by atoms with van der Waals surface area (Å²) in [4.78, 5) is 25.5. The first-order valence-corrected chi connectivity index (χ1v) is 9.98. The van der Waals surface area contributed by atoms with E-state index in [2.05, 4.69) is 0 Å². The van der Waals surface area contributed by atoms with Crippen molar-refractivity contribution in [2.45, 2.75) is 0 Å². The predicted molar refractivity (Wildman–Crippen MR) is 124 cm³/mol. The molecule has 0 heterocycles. The van der Waals surface area contributed by atoms with E-state index in [1.54, 1.807) is 60.7 Å². The summed E-state index contributed by atoms with van der Waals surface area (Å²) in [5.74, 6) is 1.33. The molecule has 3 aromatic rings. The molecule has 0 aliphatic heterocycles. The molecule has 33 heavy (non-hydrogen) atoms. The average molecular weight is 448 g/mol. The van der Waals surface area contributed by atoms with Gasteiger partial charge in [0.05, 0.1) is 39.6 Å². The molecule has 0 aliphatic carbocycles. The van der Waals surface area contributed by atoms with Gasteiger partial charge in [-0.1, -0.05) is 18.2 Å². The molecule has 170 valence electrons. The Morgan fingerprint density at radius 3 is 2.09 bits per heavy atom. The van der Waals surface area contributed by atoms with Gasteiger partial charge in [-0.2, -0.15) is 0 Å². The number of carbonyl (C=O) groups is 2. The van der Waals surface area contributed by atoms with E-state index in [0.717, 1.165) is 0 Å². The van der Waals surface area contributed by atoms with Crippen LogP contribution in [0.2, 0.25) is 0 Å². The fourth-order valence-electron chi connectivity index (χ4n) is 3.10. The Hall–Kier alpha value is -4.26. The van der Waals surface area contributed by atoms with Crippen molar-refractivity contribution in [1.82, 2.24) is 0 Å². The molecule has 0 spiro atoms. The third kappa shape index (κ3) is 5.51. The third-order valence-corrected chi connectivity index (χ3v) is 4.83. The molecule has 0 amide bonds. The molecule has 0 N–H and O–H groups in total. The number of ether oxygens (including phenoxy) is 5. The highest BCUT2D eigenvalue weighted by Crippen LogP contribution is 2.29. The SMILES string of the molecule is COc1ccc(OC)c(C(=O)C=Cc2ccccc2OC(=O)c2ccc(OC)c(OC)c2)c1. The summed E-state index contributed by atoms with van der Waals surface area (Å²) in [6.45, 7) is 0. The summed E-state index contributed by atoms with van der Waals surface area (Å²) in [6, 6.07) is 16.6. The molecule has 0 saturated heterocycles. The van der Waals surface area contributed by atoms with Crippen LogP contribution in [-0.2, 0) is 0 Å². The lowest BCUT2D eigenvalue weighted by molar-refractivity contribution is 0.0733. The molecule has 7 nitrogen and oxygen atoms in total. The van der Waals surface area contributed by atoms with Crippen molar-refractivity contribution in [2.75, 3.05) is 28.4 Å². The minimum Gasteiger partial charge on any atom is -0.497 e. The van der Waals surface area contributed by atoms with Crippen molar-refractivity contribution in [3.8, 4) is 28.7 Å². The van der Waals surface area contributed by atoms with Crippen LogP contribution in [0.1, 0.15) is 26.3 Å². The van der Waals surface area contributed by atoms with Gasteiger partial charge < -0.3 is 23.7 Å². The monoisotopic (exact) mass is 448 g/mol. The Balaban J connectivity index is 1.83. The van der Waals surface area contributed by atoms with Crippen LogP contribution >= 0.6 is 0 Å². The Bertz CT molecular complexity index is 1180. The summed E-state index contributed by atoms with van der Waals surface area (Å²) in [5, 5.41) is 0. The smallest absolute Gasteiger partial charge is 0.343 e. The quantitative estimate of drug-likeness (QED) is 0.201. The molecule has 0 bridgehead atoms. The zero-order valence-electron chi connectivity index (χ0n) is 18.8. The van der Waals surface area contributed by atoms with E-state index in [0.29, 0.717) is 45.4 Å². The normalized spacial score (nSPS) is 10.5. The van der Waals surface area contributed by atoms with Crippen molar-refractivity contribution < 1.29 is 33.3 Å². The second kappa shape index (κ2) is 10.9. The summed E-state index contributed by atoms with van der Waals surface area (Å²) in [6.07, 6.45) is 2.97. The molecular weight excluding hydrogens is 424 g/mol. The molecule has 3 aromatic carbocycles.